The number of aryl methyl sites for hydroxylation is 2. The molecular formula is C14H19NO2. The van der Waals surface area contributed by atoms with Gasteiger partial charge in [-0.15, -0.1) is 0 Å². The molecule has 1 atom stereocenters. The molecule has 3 heteroatoms. The van der Waals surface area contributed by atoms with E-state index in [4.69, 9.17) is 4.74 Å². The smallest absolute Gasteiger partial charge is 0.315 e. The molecule has 3 nitrogen and oxygen atoms in total. The maximum atomic E-state index is 12.0. The standard InChI is InChI=1S/C14H19NO2/c1-9-7-10-5-6-14(2,3)11(13(16)17-4)12(10)15-8-9/h7-8,11H,5-6H2,1-4H3. The maximum absolute atomic E-state index is 12.0. The lowest BCUT2D eigenvalue weighted by Crippen LogP contribution is -2.35. The number of aromatic nitrogens is 1. The molecule has 0 spiro atoms. The lowest BCUT2D eigenvalue weighted by Gasteiger charge is -2.37. The fourth-order valence-electron chi connectivity index (χ4n) is 2.62. The lowest BCUT2D eigenvalue weighted by molar-refractivity contribution is -0.146. The molecule has 1 unspecified atom stereocenters. The first-order valence-electron chi connectivity index (χ1n) is 5.99. The van der Waals surface area contributed by atoms with E-state index in [1.54, 1.807) is 0 Å². The van der Waals surface area contributed by atoms with Crippen LogP contribution in [-0.2, 0) is 16.0 Å². The Balaban J connectivity index is 2.51. The quantitative estimate of drug-likeness (QED) is 0.700. The van der Waals surface area contributed by atoms with Crippen LogP contribution in [0, 0.1) is 12.3 Å². The van der Waals surface area contributed by atoms with E-state index in [9.17, 15) is 4.79 Å². The van der Waals surface area contributed by atoms with Crippen molar-refractivity contribution in [2.75, 3.05) is 7.11 Å². The number of rotatable bonds is 1. The molecule has 1 aromatic heterocycles. The van der Waals surface area contributed by atoms with Crippen molar-refractivity contribution in [2.24, 2.45) is 5.41 Å². The van der Waals surface area contributed by atoms with Crippen molar-refractivity contribution >= 4 is 5.97 Å². The summed E-state index contributed by atoms with van der Waals surface area (Å²) >= 11 is 0. The minimum absolute atomic E-state index is 0.0810. The van der Waals surface area contributed by atoms with E-state index < -0.39 is 0 Å². The van der Waals surface area contributed by atoms with E-state index in [1.165, 1.54) is 12.7 Å². The van der Waals surface area contributed by atoms with E-state index >= 15 is 0 Å². The van der Waals surface area contributed by atoms with Crippen molar-refractivity contribution in [3.05, 3.63) is 29.1 Å². The number of esters is 1. The molecule has 0 aromatic carbocycles. The van der Waals surface area contributed by atoms with E-state index in [1.807, 2.05) is 13.1 Å². The molecule has 1 heterocycles. The Hall–Kier alpha value is -1.38. The van der Waals surface area contributed by atoms with E-state index in [-0.39, 0.29) is 17.3 Å². The van der Waals surface area contributed by atoms with Crippen LogP contribution in [0.1, 0.15) is 43.0 Å². The summed E-state index contributed by atoms with van der Waals surface area (Å²) in [6.07, 6.45) is 3.81. The van der Waals surface area contributed by atoms with E-state index in [2.05, 4.69) is 24.9 Å². The minimum Gasteiger partial charge on any atom is -0.468 e. The van der Waals surface area contributed by atoms with Gasteiger partial charge in [0.2, 0.25) is 0 Å². The van der Waals surface area contributed by atoms with Gasteiger partial charge in [0.25, 0.3) is 0 Å². The largest absolute Gasteiger partial charge is 0.468 e. The number of methoxy groups -OCH3 is 1. The zero-order valence-electron chi connectivity index (χ0n) is 10.9. The van der Waals surface area contributed by atoms with E-state index in [0.717, 1.165) is 24.1 Å². The molecule has 2 rings (SSSR count). The highest BCUT2D eigenvalue weighted by atomic mass is 16.5. The lowest BCUT2D eigenvalue weighted by atomic mass is 9.68. The summed E-state index contributed by atoms with van der Waals surface area (Å²) in [5, 5.41) is 0. The molecule has 1 aromatic rings. The second-order valence-electron chi connectivity index (χ2n) is 5.50. The summed E-state index contributed by atoms with van der Waals surface area (Å²) in [7, 11) is 1.45. The van der Waals surface area contributed by atoms with Gasteiger partial charge in [0.15, 0.2) is 0 Å². The Kier molecular flexibility index (Phi) is 2.94. The summed E-state index contributed by atoms with van der Waals surface area (Å²) in [5.41, 5.74) is 3.16. The van der Waals surface area contributed by atoms with Gasteiger partial charge in [-0.2, -0.15) is 0 Å². The van der Waals surface area contributed by atoms with Gasteiger partial charge in [0, 0.05) is 6.20 Å². The predicted octanol–water partition coefficient (Wildman–Crippen LogP) is 2.62. The first kappa shape index (κ1) is 12.1. The third kappa shape index (κ3) is 2.06. The summed E-state index contributed by atoms with van der Waals surface area (Å²) in [6, 6.07) is 2.13. The molecule has 0 bridgehead atoms. The molecule has 0 N–H and O–H groups in total. The molecule has 17 heavy (non-hydrogen) atoms. The van der Waals surface area contributed by atoms with Crippen LogP contribution in [0.15, 0.2) is 12.3 Å². The summed E-state index contributed by atoms with van der Waals surface area (Å²) in [4.78, 5) is 16.4. The SMILES string of the molecule is COC(=O)C1c2ncc(C)cc2CCC1(C)C. The normalized spacial score (nSPS) is 21.8. The van der Waals surface area contributed by atoms with Crippen molar-refractivity contribution in [2.45, 2.75) is 39.5 Å². The monoisotopic (exact) mass is 233 g/mol. The Morgan fingerprint density at radius 3 is 2.88 bits per heavy atom. The van der Waals surface area contributed by atoms with Gasteiger partial charge < -0.3 is 4.74 Å². The first-order valence-corrected chi connectivity index (χ1v) is 5.99. The maximum Gasteiger partial charge on any atom is 0.315 e. The third-order valence-corrected chi connectivity index (χ3v) is 3.67. The van der Waals surface area contributed by atoms with Crippen molar-refractivity contribution < 1.29 is 9.53 Å². The summed E-state index contributed by atoms with van der Waals surface area (Å²) in [6.45, 7) is 6.25. The zero-order chi connectivity index (χ0) is 12.6. The number of carbonyl (C=O) groups is 1. The second kappa shape index (κ2) is 4.13. The minimum atomic E-state index is -0.239. The Morgan fingerprint density at radius 1 is 1.53 bits per heavy atom. The van der Waals surface area contributed by atoms with Crippen LogP contribution < -0.4 is 0 Å². The molecule has 0 fully saturated rings. The predicted molar refractivity (Wildman–Crippen MR) is 65.8 cm³/mol. The summed E-state index contributed by atoms with van der Waals surface area (Å²) < 4.78 is 4.93. The number of fused-ring (bicyclic) bond motifs is 1. The molecule has 0 radical (unpaired) electrons. The Labute approximate surface area is 102 Å². The molecule has 1 aliphatic rings. The molecular weight excluding hydrogens is 214 g/mol. The average molecular weight is 233 g/mol. The van der Waals surface area contributed by atoms with Crippen LogP contribution in [0.4, 0.5) is 0 Å². The number of pyridine rings is 1. The molecule has 92 valence electrons. The van der Waals surface area contributed by atoms with Gasteiger partial charge >= 0.3 is 5.97 Å². The Morgan fingerprint density at radius 2 is 2.24 bits per heavy atom. The molecule has 0 saturated heterocycles. The highest BCUT2D eigenvalue weighted by Gasteiger charge is 2.42. The van der Waals surface area contributed by atoms with Gasteiger partial charge in [-0.1, -0.05) is 19.9 Å². The topological polar surface area (TPSA) is 39.2 Å². The number of carbonyl (C=O) groups excluding carboxylic acids is 1. The van der Waals surface area contributed by atoms with Gasteiger partial charge in [-0.3, -0.25) is 9.78 Å². The van der Waals surface area contributed by atoms with Crippen LogP contribution in [0.25, 0.3) is 0 Å². The number of hydrogen-bond donors (Lipinski definition) is 0. The number of nitrogens with zero attached hydrogens (tertiary/aromatic N) is 1. The van der Waals surface area contributed by atoms with Gasteiger partial charge in [0.1, 0.15) is 5.92 Å². The van der Waals surface area contributed by atoms with Crippen molar-refractivity contribution in [1.29, 1.82) is 0 Å². The number of hydrogen-bond acceptors (Lipinski definition) is 3. The van der Waals surface area contributed by atoms with Crippen LogP contribution in [0.3, 0.4) is 0 Å². The van der Waals surface area contributed by atoms with E-state index in [0.29, 0.717) is 0 Å². The highest BCUT2D eigenvalue weighted by molar-refractivity contribution is 5.79. The van der Waals surface area contributed by atoms with Crippen LogP contribution in [0.2, 0.25) is 0 Å². The van der Waals surface area contributed by atoms with Gasteiger partial charge in [-0.05, 0) is 36.3 Å². The molecule has 0 saturated carbocycles. The van der Waals surface area contributed by atoms with Crippen LogP contribution in [-0.4, -0.2) is 18.1 Å². The van der Waals surface area contributed by atoms with Crippen LogP contribution >= 0.6 is 0 Å². The first-order chi connectivity index (χ1) is 7.95. The van der Waals surface area contributed by atoms with Gasteiger partial charge in [-0.25, -0.2) is 0 Å². The van der Waals surface area contributed by atoms with Crippen molar-refractivity contribution in [1.82, 2.24) is 4.98 Å². The zero-order valence-corrected chi connectivity index (χ0v) is 10.9. The molecule has 0 aliphatic heterocycles. The van der Waals surface area contributed by atoms with Crippen LogP contribution in [0.5, 0.6) is 0 Å². The fraction of sp³-hybridized carbons (Fsp3) is 0.571. The second-order valence-corrected chi connectivity index (χ2v) is 5.50. The summed E-state index contributed by atoms with van der Waals surface area (Å²) in [5.74, 6) is -0.413. The van der Waals surface area contributed by atoms with Gasteiger partial charge in [0.05, 0.1) is 12.8 Å². The molecule has 1 aliphatic carbocycles. The molecule has 0 amide bonds. The number of ether oxygens (including phenoxy) is 1. The fourth-order valence-corrected chi connectivity index (χ4v) is 2.62. The highest BCUT2D eigenvalue weighted by Crippen LogP contribution is 2.44. The van der Waals surface area contributed by atoms with Crippen molar-refractivity contribution in [3.63, 3.8) is 0 Å². The van der Waals surface area contributed by atoms with Crippen molar-refractivity contribution in [3.8, 4) is 0 Å². The Bertz CT molecular complexity index is 452. The third-order valence-electron chi connectivity index (χ3n) is 3.67. The average Bonchev–Trinajstić information content (AvgIpc) is 2.28.